The number of amides is 3. The molecule has 0 aliphatic carbocycles. The highest BCUT2D eigenvalue weighted by molar-refractivity contribution is 6.00. The normalized spacial score (nSPS) is 23.0. The standard InChI is InChI=1S/C19H33N3O4/c1-6-9-22-16(23)15(12-13(2)3)20-17(24)19(22)7-10-21(11-8-19)18(25)26-14(4)5/h13-15H,6-12H2,1-5H3,(H,20,24). The lowest BCUT2D eigenvalue weighted by Crippen LogP contribution is -2.73. The third kappa shape index (κ3) is 4.13. The monoisotopic (exact) mass is 367 g/mol. The van der Waals surface area contributed by atoms with E-state index >= 15 is 0 Å². The molecule has 7 nitrogen and oxygen atoms in total. The van der Waals surface area contributed by atoms with Gasteiger partial charge in [-0.25, -0.2) is 4.79 Å². The van der Waals surface area contributed by atoms with E-state index in [1.807, 2.05) is 34.6 Å². The minimum absolute atomic E-state index is 0.0124. The van der Waals surface area contributed by atoms with Gasteiger partial charge in [-0.2, -0.15) is 0 Å². The first-order valence-electron chi connectivity index (χ1n) is 9.79. The molecule has 1 unspecified atom stereocenters. The number of rotatable bonds is 5. The minimum atomic E-state index is -0.838. The second-order valence-corrected chi connectivity index (χ2v) is 8.10. The van der Waals surface area contributed by atoms with E-state index in [1.165, 1.54) is 0 Å². The zero-order chi connectivity index (χ0) is 19.5. The van der Waals surface area contributed by atoms with E-state index in [0.29, 0.717) is 44.8 Å². The zero-order valence-electron chi connectivity index (χ0n) is 16.7. The van der Waals surface area contributed by atoms with Gasteiger partial charge in [0.2, 0.25) is 11.8 Å². The van der Waals surface area contributed by atoms with Crippen molar-refractivity contribution >= 4 is 17.9 Å². The summed E-state index contributed by atoms with van der Waals surface area (Å²) in [7, 11) is 0. The Morgan fingerprint density at radius 2 is 1.85 bits per heavy atom. The van der Waals surface area contributed by atoms with Crippen molar-refractivity contribution in [2.45, 2.75) is 78.0 Å². The number of nitrogens with one attached hydrogen (secondary N) is 1. The van der Waals surface area contributed by atoms with Crippen molar-refractivity contribution in [1.29, 1.82) is 0 Å². The van der Waals surface area contributed by atoms with Crippen LogP contribution in [-0.2, 0) is 14.3 Å². The van der Waals surface area contributed by atoms with Crippen LogP contribution in [0.25, 0.3) is 0 Å². The third-order valence-corrected chi connectivity index (χ3v) is 5.15. The van der Waals surface area contributed by atoms with E-state index in [2.05, 4.69) is 5.32 Å². The molecular weight excluding hydrogens is 334 g/mol. The molecule has 2 rings (SSSR count). The van der Waals surface area contributed by atoms with Crippen LogP contribution in [0.1, 0.15) is 60.3 Å². The predicted molar refractivity (Wildman–Crippen MR) is 98.5 cm³/mol. The van der Waals surface area contributed by atoms with Gasteiger partial charge in [0.15, 0.2) is 0 Å². The number of carbonyl (C=O) groups excluding carboxylic acids is 3. The molecule has 3 amide bonds. The molecule has 1 atom stereocenters. The lowest BCUT2D eigenvalue weighted by Gasteiger charge is -2.51. The van der Waals surface area contributed by atoms with E-state index in [1.54, 1.807) is 9.80 Å². The van der Waals surface area contributed by atoms with Crippen molar-refractivity contribution in [2.24, 2.45) is 5.92 Å². The van der Waals surface area contributed by atoms with E-state index < -0.39 is 11.6 Å². The van der Waals surface area contributed by atoms with Crippen molar-refractivity contribution in [1.82, 2.24) is 15.1 Å². The fraction of sp³-hybridized carbons (Fsp3) is 0.842. The van der Waals surface area contributed by atoms with Gasteiger partial charge in [0.25, 0.3) is 0 Å². The Bertz CT molecular complexity index is 539. The fourth-order valence-corrected chi connectivity index (χ4v) is 3.89. The number of piperidine rings is 1. The van der Waals surface area contributed by atoms with E-state index in [-0.39, 0.29) is 24.0 Å². The molecule has 1 N–H and O–H groups in total. The summed E-state index contributed by atoms with van der Waals surface area (Å²) < 4.78 is 5.25. The molecular formula is C19H33N3O4. The largest absolute Gasteiger partial charge is 0.447 e. The average Bonchev–Trinajstić information content (AvgIpc) is 2.56. The van der Waals surface area contributed by atoms with Crippen LogP contribution in [0.4, 0.5) is 4.79 Å². The maximum atomic E-state index is 13.0. The Labute approximate surface area is 156 Å². The Hall–Kier alpha value is -1.79. The molecule has 2 aliphatic heterocycles. The van der Waals surface area contributed by atoms with Gasteiger partial charge in [-0.05, 0) is 45.4 Å². The highest BCUT2D eigenvalue weighted by atomic mass is 16.6. The molecule has 2 aliphatic rings. The van der Waals surface area contributed by atoms with Crippen LogP contribution in [-0.4, -0.2) is 65.0 Å². The topological polar surface area (TPSA) is 79.0 Å². The molecule has 0 aromatic heterocycles. The first-order valence-corrected chi connectivity index (χ1v) is 9.79. The van der Waals surface area contributed by atoms with Crippen molar-refractivity contribution in [3.8, 4) is 0 Å². The van der Waals surface area contributed by atoms with Crippen LogP contribution >= 0.6 is 0 Å². The molecule has 2 heterocycles. The summed E-state index contributed by atoms with van der Waals surface area (Å²) in [5.74, 6) is 0.265. The molecule has 0 aromatic rings. The highest BCUT2D eigenvalue weighted by Crippen LogP contribution is 2.34. The highest BCUT2D eigenvalue weighted by Gasteiger charge is 2.53. The fourth-order valence-electron chi connectivity index (χ4n) is 3.89. The maximum absolute atomic E-state index is 13.0. The molecule has 2 saturated heterocycles. The summed E-state index contributed by atoms with van der Waals surface area (Å²) in [5, 5.41) is 2.96. The predicted octanol–water partition coefficient (Wildman–Crippen LogP) is 2.15. The van der Waals surface area contributed by atoms with Crippen LogP contribution in [0.2, 0.25) is 0 Å². The number of ether oxygens (including phenoxy) is 1. The van der Waals surface area contributed by atoms with Crippen molar-refractivity contribution in [3.05, 3.63) is 0 Å². The summed E-state index contributed by atoms with van der Waals surface area (Å²) in [6.45, 7) is 11.1. The summed E-state index contributed by atoms with van der Waals surface area (Å²) in [5.41, 5.74) is -0.838. The molecule has 0 aromatic carbocycles. The lowest BCUT2D eigenvalue weighted by molar-refractivity contribution is -0.161. The molecule has 0 radical (unpaired) electrons. The number of likely N-dealkylation sites (tertiary alicyclic amines) is 1. The molecule has 26 heavy (non-hydrogen) atoms. The first kappa shape index (κ1) is 20.5. The summed E-state index contributed by atoms with van der Waals surface area (Å²) >= 11 is 0. The van der Waals surface area contributed by atoms with Crippen molar-refractivity contribution in [2.75, 3.05) is 19.6 Å². The molecule has 148 valence electrons. The van der Waals surface area contributed by atoms with Gasteiger partial charge in [0.1, 0.15) is 11.6 Å². The molecule has 2 fully saturated rings. The van der Waals surface area contributed by atoms with E-state index in [0.717, 1.165) is 6.42 Å². The molecule has 1 spiro atoms. The van der Waals surface area contributed by atoms with Crippen LogP contribution < -0.4 is 5.32 Å². The van der Waals surface area contributed by atoms with Crippen LogP contribution in [0.15, 0.2) is 0 Å². The Morgan fingerprint density at radius 1 is 1.23 bits per heavy atom. The van der Waals surface area contributed by atoms with Crippen molar-refractivity contribution in [3.63, 3.8) is 0 Å². The van der Waals surface area contributed by atoms with Gasteiger partial charge in [0, 0.05) is 19.6 Å². The first-order chi connectivity index (χ1) is 12.2. The van der Waals surface area contributed by atoms with Crippen LogP contribution in [0.5, 0.6) is 0 Å². The van der Waals surface area contributed by atoms with Gasteiger partial charge in [-0.15, -0.1) is 0 Å². The molecule has 0 bridgehead atoms. The van der Waals surface area contributed by atoms with Crippen LogP contribution in [0.3, 0.4) is 0 Å². The number of carbonyl (C=O) groups is 3. The number of hydrogen-bond acceptors (Lipinski definition) is 4. The van der Waals surface area contributed by atoms with Gasteiger partial charge in [0.05, 0.1) is 6.10 Å². The maximum Gasteiger partial charge on any atom is 0.410 e. The second kappa shape index (κ2) is 8.27. The number of nitrogens with zero attached hydrogens (tertiary/aromatic N) is 2. The second-order valence-electron chi connectivity index (χ2n) is 8.10. The summed E-state index contributed by atoms with van der Waals surface area (Å²) in [6, 6.07) is -0.441. The van der Waals surface area contributed by atoms with Gasteiger partial charge >= 0.3 is 6.09 Å². The summed E-state index contributed by atoms with van der Waals surface area (Å²) in [4.78, 5) is 41.6. The summed E-state index contributed by atoms with van der Waals surface area (Å²) in [6.07, 6.45) is 1.82. The Kier molecular flexibility index (Phi) is 6.53. The zero-order valence-corrected chi connectivity index (χ0v) is 16.7. The number of hydrogen-bond donors (Lipinski definition) is 1. The smallest absolute Gasteiger partial charge is 0.410 e. The van der Waals surface area contributed by atoms with Crippen molar-refractivity contribution < 1.29 is 19.1 Å². The average molecular weight is 367 g/mol. The van der Waals surface area contributed by atoms with Gasteiger partial charge < -0.3 is 19.9 Å². The van der Waals surface area contributed by atoms with Gasteiger partial charge in [-0.1, -0.05) is 20.8 Å². The quantitative estimate of drug-likeness (QED) is 0.807. The molecule has 7 heteroatoms. The lowest BCUT2D eigenvalue weighted by atomic mass is 9.81. The number of piperazine rings is 1. The minimum Gasteiger partial charge on any atom is -0.447 e. The van der Waals surface area contributed by atoms with Gasteiger partial charge in [-0.3, -0.25) is 9.59 Å². The van der Waals surface area contributed by atoms with Crippen LogP contribution in [0, 0.1) is 5.92 Å². The molecule has 0 saturated carbocycles. The van der Waals surface area contributed by atoms with E-state index in [9.17, 15) is 14.4 Å². The SMILES string of the molecule is CCCN1C(=O)C(CC(C)C)NC(=O)C12CCN(C(=O)OC(C)C)CC2. The Morgan fingerprint density at radius 3 is 2.35 bits per heavy atom. The Balaban J connectivity index is 2.15. The third-order valence-electron chi connectivity index (χ3n) is 5.15. The van der Waals surface area contributed by atoms with E-state index in [4.69, 9.17) is 4.74 Å².